The van der Waals surface area contributed by atoms with Gasteiger partial charge in [0, 0.05) is 30.1 Å². The number of aromatic nitrogens is 5. The van der Waals surface area contributed by atoms with Crippen LogP contribution in [0.2, 0.25) is 0 Å². The topological polar surface area (TPSA) is 59.2 Å². The zero-order valence-electron chi connectivity index (χ0n) is 14.3. The fourth-order valence-corrected chi connectivity index (χ4v) is 3.50. The van der Waals surface area contributed by atoms with Crippen LogP contribution >= 0.6 is 0 Å². The molecule has 6 nitrogen and oxygen atoms in total. The van der Waals surface area contributed by atoms with Crippen LogP contribution in [0.25, 0.3) is 5.65 Å². The molecule has 1 fully saturated rings. The average Bonchev–Trinajstić information content (AvgIpc) is 3.25. The Kier molecular flexibility index (Phi) is 3.82. The van der Waals surface area contributed by atoms with Crippen LogP contribution in [0.3, 0.4) is 0 Å². The first-order valence-electron chi connectivity index (χ1n) is 8.34. The Morgan fingerprint density at radius 1 is 1.15 bits per heavy atom. The SMILES string of the molecule is Cc1c(N2CCCC2c2cccnc2)nn2c(C(F)(F)F)nnc2c1C. The maximum absolute atomic E-state index is 13.2. The van der Waals surface area contributed by atoms with Gasteiger partial charge < -0.3 is 4.90 Å². The van der Waals surface area contributed by atoms with Crippen molar-refractivity contribution in [2.75, 3.05) is 11.4 Å². The minimum atomic E-state index is -4.61. The molecule has 0 saturated carbocycles. The average molecular weight is 362 g/mol. The summed E-state index contributed by atoms with van der Waals surface area (Å²) in [6.45, 7) is 4.33. The van der Waals surface area contributed by atoms with Gasteiger partial charge in [-0.2, -0.15) is 17.7 Å². The van der Waals surface area contributed by atoms with Gasteiger partial charge in [-0.25, -0.2) is 0 Å². The van der Waals surface area contributed by atoms with E-state index in [0.29, 0.717) is 11.4 Å². The van der Waals surface area contributed by atoms with Gasteiger partial charge in [-0.05, 0) is 38.3 Å². The minimum absolute atomic E-state index is 0.0394. The molecule has 0 aliphatic carbocycles. The summed E-state index contributed by atoms with van der Waals surface area (Å²) in [5, 5.41) is 11.3. The highest BCUT2D eigenvalue weighted by molar-refractivity contribution is 5.60. The first kappa shape index (κ1) is 16.7. The van der Waals surface area contributed by atoms with Crippen molar-refractivity contribution in [3.05, 3.63) is 47.0 Å². The fraction of sp³-hybridized carbons (Fsp3) is 0.412. The summed E-state index contributed by atoms with van der Waals surface area (Å²) >= 11 is 0. The van der Waals surface area contributed by atoms with Gasteiger partial charge in [-0.15, -0.1) is 15.3 Å². The van der Waals surface area contributed by atoms with E-state index in [9.17, 15) is 13.2 Å². The quantitative estimate of drug-likeness (QED) is 0.698. The van der Waals surface area contributed by atoms with Crippen molar-refractivity contribution in [2.45, 2.75) is 38.9 Å². The summed E-state index contributed by atoms with van der Waals surface area (Å²) in [7, 11) is 0. The van der Waals surface area contributed by atoms with Gasteiger partial charge in [-0.1, -0.05) is 6.07 Å². The summed E-state index contributed by atoms with van der Waals surface area (Å²) in [4.78, 5) is 6.22. The van der Waals surface area contributed by atoms with Gasteiger partial charge in [-0.3, -0.25) is 4.98 Å². The molecular weight excluding hydrogens is 345 g/mol. The number of halogens is 3. The molecule has 0 N–H and O–H groups in total. The fourth-order valence-electron chi connectivity index (χ4n) is 3.50. The molecule has 0 radical (unpaired) electrons. The first-order chi connectivity index (χ1) is 12.4. The van der Waals surface area contributed by atoms with E-state index in [2.05, 4.69) is 25.2 Å². The molecule has 1 aliphatic rings. The maximum atomic E-state index is 13.2. The number of hydrogen-bond donors (Lipinski definition) is 0. The smallest absolute Gasteiger partial charge is 0.348 e. The molecule has 0 spiro atoms. The molecule has 1 unspecified atom stereocenters. The molecule has 0 bridgehead atoms. The predicted octanol–water partition coefficient (Wildman–Crippen LogP) is 3.50. The van der Waals surface area contributed by atoms with Gasteiger partial charge in [0.2, 0.25) is 0 Å². The number of nitrogens with zero attached hydrogens (tertiary/aromatic N) is 6. The number of hydrogen-bond acceptors (Lipinski definition) is 5. The highest BCUT2D eigenvalue weighted by Gasteiger charge is 2.39. The highest BCUT2D eigenvalue weighted by Crippen LogP contribution is 2.38. The monoisotopic (exact) mass is 362 g/mol. The van der Waals surface area contributed by atoms with Gasteiger partial charge >= 0.3 is 6.18 Å². The van der Waals surface area contributed by atoms with Crippen LogP contribution in [0.5, 0.6) is 0 Å². The normalized spacial score (nSPS) is 18.0. The van der Waals surface area contributed by atoms with Crippen LogP contribution in [0, 0.1) is 13.8 Å². The Morgan fingerprint density at radius 2 is 1.96 bits per heavy atom. The molecule has 3 aromatic heterocycles. The lowest BCUT2D eigenvalue weighted by Crippen LogP contribution is -2.26. The lowest BCUT2D eigenvalue weighted by Gasteiger charge is -2.27. The Labute approximate surface area is 147 Å². The zero-order valence-corrected chi connectivity index (χ0v) is 14.3. The van der Waals surface area contributed by atoms with E-state index in [1.54, 1.807) is 19.3 Å². The third-order valence-electron chi connectivity index (χ3n) is 4.92. The van der Waals surface area contributed by atoms with E-state index < -0.39 is 12.0 Å². The van der Waals surface area contributed by atoms with Crippen LogP contribution in [0.15, 0.2) is 24.5 Å². The van der Waals surface area contributed by atoms with Crippen LogP contribution in [0.1, 0.15) is 41.4 Å². The molecule has 4 rings (SSSR count). The largest absolute Gasteiger partial charge is 0.453 e. The van der Waals surface area contributed by atoms with E-state index in [0.717, 1.165) is 35.0 Å². The van der Waals surface area contributed by atoms with Gasteiger partial charge in [0.15, 0.2) is 11.5 Å². The molecule has 1 atom stereocenters. The van der Waals surface area contributed by atoms with E-state index >= 15 is 0 Å². The van der Waals surface area contributed by atoms with E-state index in [4.69, 9.17) is 0 Å². The van der Waals surface area contributed by atoms with E-state index in [1.807, 2.05) is 19.1 Å². The van der Waals surface area contributed by atoms with Crippen molar-refractivity contribution in [3.8, 4) is 0 Å². The zero-order chi connectivity index (χ0) is 18.5. The third-order valence-corrected chi connectivity index (χ3v) is 4.92. The van der Waals surface area contributed by atoms with Crippen LogP contribution in [-0.2, 0) is 6.18 Å². The van der Waals surface area contributed by atoms with Crippen LogP contribution < -0.4 is 4.90 Å². The number of rotatable bonds is 2. The predicted molar refractivity (Wildman–Crippen MR) is 88.8 cm³/mol. The molecule has 1 aliphatic heterocycles. The second kappa shape index (κ2) is 5.93. The minimum Gasteiger partial charge on any atom is -0.348 e. The summed E-state index contributed by atoms with van der Waals surface area (Å²) < 4.78 is 40.6. The molecule has 26 heavy (non-hydrogen) atoms. The number of anilines is 1. The van der Waals surface area contributed by atoms with E-state index in [-0.39, 0.29) is 11.7 Å². The Hall–Kier alpha value is -2.71. The van der Waals surface area contributed by atoms with Gasteiger partial charge in [0.1, 0.15) is 0 Å². The summed E-state index contributed by atoms with van der Waals surface area (Å²) in [5.41, 5.74) is 2.63. The van der Waals surface area contributed by atoms with Crippen molar-refractivity contribution in [2.24, 2.45) is 0 Å². The van der Waals surface area contributed by atoms with Gasteiger partial charge in [0.05, 0.1) is 6.04 Å². The molecule has 3 aromatic rings. The van der Waals surface area contributed by atoms with Crippen molar-refractivity contribution in [1.82, 2.24) is 24.8 Å². The molecule has 1 saturated heterocycles. The Balaban J connectivity index is 1.87. The second-order valence-corrected chi connectivity index (χ2v) is 6.47. The highest BCUT2D eigenvalue weighted by atomic mass is 19.4. The molecular formula is C17H17F3N6. The van der Waals surface area contributed by atoms with Crippen molar-refractivity contribution in [3.63, 3.8) is 0 Å². The van der Waals surface area contributed by atoms with Crippen molar-refractivity contribution >= 4 is 11.5 Å². The maximum Gasteiger partial charge on any atom is 0.453 e. The lowest BCUT2D eigenvalue weighted by atomic mass is 10.1. The lowest BCUT2D eigenvalue weighted by molar-refractivity contribution is -0.146. The molecule has 0 amide bonds. The van der Waals surface area contributed by atoms with E-state index in [1.165, 1.54) is 0 Å². The Bertz CT molecular complexity index is 951. The Morgan fingerprint density at radius 3 is 2.65 bits per heavy atom. The molecule has 136 valence electrons. The number of pyridine rings is 1. The standard InChI is InChI=1S/C17H17F3N6/c1-10-11(2)15(24-26-14(10)22-23-16(26)17(18,19)20)25-8-4-6-13(25)12-5-3-7-21-9-12/h3,5,7,9,13H,4,6,8H2,1-2H3. The molecule has 0 aromatic carbocycles. The van der Waals surface area contributed by atoms with Crippen molar-refractivity contribution in [1.29, 1.82) is 0 Å². The number of aryl methyl sites for hydroxylation is 1. The number of alkyl halides is 3. The number of fused-ring (bicyclic) bond motifs is 1. The second-order valence-electron chi connectivity index (χ2n) is 6.47. The summed E-state index contributed by atoms with van der Waals surface area (Å²) in [6, 6.07) is 3.89. The van der Waals surface area contributed by atoms with Crippen molar-refractivity contribution < 1.29 is 13.2 Å². The third kappa shape index (κ3) is 2.58. The summed E-state index contributed by atoms with van der Waals surface area (Å²) in [6.07, 6.45) is 0.725. The summed E-state index contributed by atoms with van der Waals surface area (Å²) in [5.74, 6) is -0.569. The molecule has 4 heterocycles. The van der Waals surface area contributed by atoms with Crippen LogP contribution in [0.4, 0.5) is 19.0 Å². The molecule has 9 heteroatoms. The van der Waals surface area contributed by atoms with Gasteiger partial charge in [0.25, 0.3) is 5.82 Å². The first-order valence-corrected chi connectivity index (χ1v) is 8.34. The van der Waals surface area contributed by atoms with Crippen LogP contribution in [-0.4, -0.2) is 31.3 Å².